The summed E-state index contributed by atoms with van der Waals surface area (Å²) < 4.78 is 5.47. The number of hydrogen-bond acceptors (Lipinski definition) is 9. The van der Waals surface area contributed by atoms with Crippen molar-refractivity contribution in [3.8, 4) is 0 Å². The number of H-pyrrole nitrogens is 1. The number of unbranched alkanes of at least 4 members (excludes halogenated alkanes) is 1. The molecule has 2 aromatic rings. The van der Waals surface area contributed by atoms with Crippen LogP contribution in [-0.4, -0.2) is 87.7 Å². The maximum Gasteiger partial charge on any atom is 0.308 e. The van der Waals surface area contributed by atoms with Gasteiger partial charge in [-0.1, -0.05) is 51.8 Å². The predicted molar refractivity (Wildman–Crippen MR) is 192 cm³/mol. The molecule has 1 fully saturated rings. The number of fused-ring (bicyclic) bond motifs is 1. The van der Waals surface area contributed by atoms with Crippen LogP contribution in [0.3, 0.4) is 0 Å². The average Bonchev–Trinajstić information content (AvgIpc) is 3.72. The first-order valence-electron chi connectivity index (χ1n) is 17.8. The zero-order chi connectivity index (χ0) is 37.9. The third-order valence-corrected chi connectivity index (χ3v) is 8.66. The Hall–Kier alpha value is -4.50. The molecule has 1 aromatic carbocycles. The highest BCUT2D eigenvalue weighted by molar-refractivity contribution is 5.97. The van der Waals surface area contributed by atoms with E-state index in [4.69, 9.17) is 16.3 Å². The number of esters is 1. The molecule has 5 amide bonds. The van der Waals surface area contributed by atoms with E-state index in [1.807, 2.05) is 45.0 Å². The molecule has 1 aliphatic heterocycles. The molecule has 282 valence electrons. The van der Waals surface area contributed by atoms with Gasteiger partial charge in [-0.25, -0.2) is 5.84 Å². The zero-order valence-corrected chi connectivity index (χ0v) is 30.7. The second-order valence-electron chi connectivity index (χ2n) is 14.6. The van der Waals surface area contributed by atoms with Gasteiger partial charge in [-0.2, -0.15) is 0 Å². The molecule has 15 heteroatoms. The molecule has 1 saturated heterocycles. The number of nitrogens with two attached hydrogens (primary N) is 2. The lowest BCUT2D eigenvalue weighted by Crippen LogP contribution is -2.59. The van der Waals surface area contributed by atoms with Crippen LogP contribution >= 0.6 is 0 Å². The molecule has 15 nitrogen and oxygen atoms in total. The van der Waals surface area contributed by atoms with Gasteiger partial charge in [0.2, 0.25) is 23.6 Å². The van der Waals surface area contributed by atoms with Crippen LogP contribution in [0.2, 0.25) is 0 Å². The van der Waals surface area contributed by atoms with Crippen molar-refractivity contribution in [2.75, 3.05) is 6.54 Å². The molecule has 0 unspecified atom stereocenters. The van der Waals surface area contributed by atoms with Crippen LogP contribution < -0.4 is 33.0 Å². The van der Waals surface area contributed by atoms with Crippen LogP contribution in [0.5, 0.6) is 0 Å². The topological polar surface area (TPSA) is 231 Å². The Labute approximate surface area is 299 Å². The number of nitrogens with zero attached hydrogens (tertiary/aromatic N) is 1. The molecule has 9 N–H and O–H groups in total. The summed E-state index contributed by atoms with van der Waals surface area (Å²) in [6.45, 7) is 11.0. The van der Waals surface area contributed by atoms with Gasteiger partial charge in [0.1, 0.15) is 29.8 Å². The Morgan fingerprint density at radius 1 is 0.980 bits per heavy atom. The standard InChI is InChI=1S/C36H56N8O7/c1-7-8-13-26(32(47)41-27(17-21(2)3)33(48)43-38)40-34(49)29-15-11-16-44(29)35(50)28(19-30(45)51-36(4,5)6)42-31(46)24(37)18-22-20-39-25-14-10-9-12-23(22)25/h9-10,12,14,20-21,24,26-29,39H,7-8,11,13,15-19,37-38H2,1-6H3,(H,40,49)(H,41,47)(H,42,46)(H,43,48)/t24-,26-,27+,28-,29+/m1/s1. The number of benzene rings is 1. The summed E-state index contributed by atoms with van der Waals surface area (Å²) in [5, 5.41) is 9.08. The first-order chi connectivity index (χ1) is 24.0. The van der Waals surface area contributed by atoms with Gasteiger partial charge in [0.25, 0.3) is 5.91 Å². The van der Waals surface area contributed by atoms with Crippen LogP contribution in [0.4, 0.5) is 0 Å². The van der Waals surface area contributed by atoms with E-state index in [0.717, 1.165) is 22.9 Å². The molecule has 0 spiro atoms. The summed E-state index contributed by atoms with van der Waals surface area (Å²) in [6.07, 6.45) is 4.27. The third-order valence-electron chi connectivity index (χ3n) is 8.66. The molecule has 5 atom stereocenters. The second kappa shape index (κ2) is 18.7. The molecule has 51 heavy (non-hydrogen) atoms. The highest BCUT2D eigenvalue weighted by Gasteiger charge is 2.40. The molecular formula is C36H56N8O7. The fourth-order valence-corrected chi connectivity index (χ4v) is 6.18. The van der Waals surface area contributed by atoms with Crippen LogP contribution in [-0.2, 0) is 39.9 Å². The Balaban J connectivity index is 1.79. The Kier molecular flexibility index (Phi) is 15.0. The van der Waals surface area contributed by atoms with Crippen LogP contribution in [0, 0.1) is 5.92 Å². The Bertz CT molecular complexity index is 1530. The molecule has 1 aliphatic rings. The number of aromatic amines is 1. The van der Waals surface area contributed by atoms with Gasteiger partial charge in [-0.3, -0.25) is 34.2 Å². The van der Waals surface area contributed by atoms with Crippen molar-refractivity contribution in [3.05, 3.63) is 36.0 Å². The van der Waals surface area contributed by atoms with Crippen molar-refractivity contribution in [3.63, 3.8) is 0 Å². The number of carbonyl (C=O) groups excluding carboxylic acids is 6. The summed E-state index contributed by atoms with van der Waals surface area (Å²) in [5.74, 6) is 1.78. The number of hydrazine groups is 1. The average molecular weight is 713 g/mol. The molecule has 0 aliphatic carbocycles. The maximum absolute atomic E-state index is 14.1. The SMILES string of the molecule is CCCC[C@@H](NC(=O)[C@@H]1CCCN1C(=O)[C@@H](CC(=O)OC(C)(C)C)NC(=O)[C@H](N)Cc1c[nH]c2ccccc12)C(=O)N[C@@H](CC(C)C)C(=O)NN. The first kappa shape index (κ1) is 40.9. The van der Waals surface area contributed by atoms with Crippen LogP contribution in [0.25, 0.3) is 10.9 Å². The van der Waals surface area contributed by atoms with Gasteiger partial charge < -0.3 is 36.3 Å². The van der Waals surface area contributed by atoms with E-state index in [1.165, 1.54) is 4.90 Å². The minimum atomic E-state index is -1.36. The minimum absolute atomic E-state index is 0.0755. The van der Waals surface area contributed by atoms with Crippen molar-refractivity contribution in [1.29, 1.82) is 0 Å². The number of nitrogens with one attached hydrogen (secondary N) is 5. The number of para-hydroxylation sites is 1. The molecule has 3 rings (SSSR count). The van der Waals surface area contributed by atoms with E-state index in [9.17, 15) is 28.8 Å². The summed E-state index contributed by atoms with van der Waals surface area (Å²) in [6, 6.07) is 2.34. The van der Waals surface area contributed by atoms with E-state index in [2.05, 4.69) is 26.4 Å². The smallest absolute Gasteiger partial charge is 0.308 e. The lowest BCUT2D eigenvalue weighted by molar-refractivity contribution is -0.157. The van der Waals surface area contributed by atoms with Gasteiger partial charge in [-0.05, 0) is 70.4 Å². The minimum Gasteiger partial charge on any atom is -0.460 e. The van der Waals surface area contributed by atoms with Crippen LogP contribution in [0.1, 0.15) is 92.1 Å². The summed E-state index contributed by atoms with van der Waals surface area (Å²) in [5.41, 5.74) is 9.27. The number of hydrogen-bond donors (Lipinski definition) is 7. The van der Waals surface area contributed by atoms with E-state index in [-0.39, 0.29) is 18.9 Å². The molecule has 0 bridgehead atoms. The van der Waals surface area contributed by atoms with Gasteiger partial charge in [0.15, 0.2) is 0 Å². The zero-order valence-electron chi connectivity index (χ0n) is 30.7. The third kappa shape index (κ3) is 12.1. The first-order valence-corrected chi connectivity index (χ1v) is 17.8. The van der Waals surface area contributed by atoms with Crippen molar-refractivity contribution >= 4 is 46.4 Å². The Morgan fingerprint density at radius 2 is 1.67 bits per heavy atom. The van der Waals surface area contributed by atoms with Gasteiger partial charge >= 0.3 is 5.97 Å². The van der Waals surface area contributed by atoms with E-state index in [0.29, 0.717) is 32.1 Å². The lowest BCUT2D eigenvalue weighted by Gasteiger charge is -2.31. The molecular weight excluding hydrogens is 656 g/mol. The van der Waals surface area contributed by atoms with Crippen molar-refractivity contribution < 1.29 is 33.5 Å². The monoisotopic (exact) mass is 712 g/mol. The number of rotatable bonds is 17. The van der Waals surface area contributed by atoms with E-state index >= 15 is 0 Å². The number of carbonyl (C=O) groups is 6. The van der Waals surface area contributed by atoms with Crippen molar-refractivity contribution in [2.45, 2.75) is 129 Å². The van der Waals surface area contributed by atoms with Crippen LogP contribution in [0.15, 0.2) is 30.5 Å². The number of likely N-dealkylation sites (tertiary alicyclic amines) is 1. The quantitative estimate of drug-likeness (QED) is 0.0544. The highest BCUT2D eigenvalue weighted by Crippen LogP contribution is 2.22. The summed E-state index contributed by atoms with van der Waals surface area (Å²) in [7, 11) is 0. The normalized spacial score (nSPS) is 17.0. The van der Waals surface area contributed by atoms with Crippen molar-refractivity contribution in [2.24, 2.45) is 17.5 Å². The van der Waals surface area contributed by atoms with Crippen molar-refractivity contribution in [1.82, 2.24) is 31.3 Å². The number of aromatic nitrogens is 1. The highest BCUT2D eigenvalue weighted by atomic mass is 16.6. The summed E-state index contributed by atoms with van der Waals surface area (Å²) >= 11 is 0. The van der Waals surface area contributed by atoms with Gasteiger partial charge in [0.05, 0.1) is 12.5 Å². The number of amides is 5. The second-order valence-corrected chi connectivity index (χ2v) is 14.6. The molecule has 1 aromatic heterocycles. The lowest BCUT2D eigenvalue weighted by atomic mass is 10.0. The van der Waals surface area contributed by atoms with E-state index < -0.39 is 77.7 Å². The molecule has 0 saturated carbocycles. The molecule has 2 heterocycles. The predicted octanol–water partition coefficient (Wildman–Crippen LogP) is 1.44. The summed E-state index contributed by atoms with van der Waals surface area (Å²) in [4.78, 5) is 84.5. The number of ether oxygens (including phenoxy) is 1. The maximum atomic E-state index is 14.1. The fourth-order valence-electron chi connectivity index (χ4n) is 6.18. The molecule has 0 radical (unpaired) electrons. The Morgan fingerprint density at radius 3 is 2.31 bits per heavy atom. The van der Waals surface area contributed by atoms with Gasteiger partial charge in [-0.15, -0.1) is 0 Å². The van der Waals surface area contributed by atoms with E-state index in [1.54, 1.807) is 27.0 Å². The van der Waals surface area contributed by atoms with Gasteiger partial charge in [0, 0.05) is 23.6 Å². The largest absolute Gasteiger partial charge is 0.460 e. The fraction of sp³-hybridized carbons (Fsp3) is 0.611.